The van der Waals surface area contributed by atoms with Crippen molar-refractivity contribution in [2.24, 2.45) is 5.73 Å². The minimum atomic E-state index is -0.566. The Morgan fingerprint density at radius 2 is 1.97 bits per heavy atom. The predicted octanol–water partition coefficient (Wildman–Crippen LogP) is 3.93. The molecular weight excluding hydrogens is 378 g/mol. The van der Waals surface area contributed by atoms with Gasteiger partial charge in [0.2, 0.25) is 0 Å². The van der Waals surface area contributed by atoms with Crippen molar-refractivity contribution in [2.75, 3.05) is 0 Å². The maximum absolute atomic E-state index is 11.4. The van der Waals surface area contributed by atoms with Crippen molar-refractivity contribution in [3.05, 3.63) is 77.3 Å². The van der Waals surface area contributed by atoms with Crippen molar-refractivity contribution in [1.29, 1.82) is 0 Å². The molecule has 0 bridgehead atoms. The van der Waals surface area contributed by atoms with Gasteiger partial charge in [-0.2, -0.15) is 5.10 Å². The summed E-state index contributed by atoms with van der Waals surface area (Å²) in [4.78, 5) is 20.5. The third kappa shape index (κ3) is 3.87. The monoisotopic (exact) mass is 401 g/mol. The SMILES string of the molecule is CCc1oc(C(N)=O)cc1Cn1ccc(-c2cccc(-c3nc(C)cnc3C)c2)n1. The quantitative estimate of drug-likeness (QED) is 0.528. The Balaban J connectivity index is 1.62. The predicted molar refractivity (Wildman–Crippen MR) is 114 cm³/mol. The van der Waals surface area contributed by atoms with Crippen LogP contribution in [0.2, 0.25) is 0 Å². The van der Waals surface area contributed by atoms with Gasteiger partial charge in [-0.1, -0.05) is 25.1 Å². The minimum Gasteiger partial charge on any atom is -0.456 e. The second-order valence-corrected chi connectivity index (χ2v) is 7.20. The molecule has 0 fully saturated rings. The van der Waals surface area contributed by atoms with Gasteiger partial charge in [0, 0.05) is 35.5 Å². The van der Waals surface area contributed by atoms with Gasteiger partial charge in [0.25, 0.3) is 5.91 Å². The Labute approximate surface area is 174 Å². The van der Waals surface area contributed by atoms with Gasteiger partial charge in [0.15, 0.2) is 5.76 Å². The molecule has 0 saturated carbocycles. The number of rotatable bonds is 6. The van der Waals surface area contributed by atoms with Crippen LogP contribution < -0.4 is 5.73 Å². The number of primary amides is 1. The molecule has 0 aliphatic heterocycles. The van der Waals surface area contributed by atoms with Crippen molar-refractivity contribution in [3.63, 3.8) is 0 Å². The van der Waals surface area contributed by atoms with E-state index < -0.39 is 5.91 Å². The third-order valence-electron chi connectivity index (χ3n) is 4.94. The molecule has 0 aliphatic carbocycles. The van der Waals surface area contributed by atoms with E-state index in [4.69, 9.17) is 15.2 Å². The van der Waals surface area contributed by atoms with Crippen molar-refractivity contribution in [2.45, 2.75) is 33.7 Å². The first-order valence-corrected chi connectivity index (χ1v) is 9.80. The lowest BCUT2D eigenvalue weighted by atomic mass is 10.0. The van der Waals surface area contributed by atoms with E-state index >= 15 is 0 Å². The number of amides is 1. The van der Waals surface area contributed by atoms with E-state index in [9.17, 15) is 4.79 Å². The van der Waals surface area contributed by atoms with Crippen LogP contribution in [-0.2, 0) is 13.0 Å². The summed E-state index contributed by atoms with van der Waals surface area (Å²) >= 11 is 0. The van der Waals surface area contributed by atoms with E-state index in [0.717, 1.165) is 45.2 Å². The number of aryl methyl sites for hydroxylation is 3. The zero-order chi connectivity index (χ0) is 21.3. The summed E-state index contributed by atoms with van der Waals surface area (Å²) in [6, 6.07) is 11.8. The van der Waals surface area contributed by atoms with E-state index in [1.165, 1.54) is 0 Å². The van der Waals surface area contributed by atoms with Crippen LogP contribution in [0.25, 0.3) is 22.5 Å². The van der Waals surface area contributed by atoms with Crippen LogP contribution in [0.5, 0.6) is 0 Å². The van der Waals surface area contributed by atoms with Gasteiger partial charge >= 0.3 is 0 Å². The summed E-state index contributed by atoms with van der Waals surface area (Å²) in [7, 11) is 0. The average Bonchev–Trinajstić information content (AvgIpc) is 3.37. The fourth-order valence-electron chi connectivity index (χ4n) is 3.44. The summed E-state index contributed by atoms with van der Waals surface area (Å²) in [5.41, 5.74) is 11.7. The van der Waals surface area contributed by atoms with Gasteiger partial charge < -0.3 is 10.2 Å². The maximum Gasteiger partial charge on any atom is 0.284 e. The molecule has 0 saturated heterocycles. The van der Waals surface area contributed by atoms with Gasteiger partial charge in [-0.05, 0) is 32.0 Å². The summed E-state index contributed by atoms with van der Waals surface area (Å²) < 4.78 is 7.37. The molecule has 3 heterocycles. The fraction of sp³-hybridized carbons (Fsp3) is 0.217. The van der Waals surface area contributed by atoms with Gasteiger partial charge in [0.05, 0.1) is 29.3 Å². The number of carbonyl (C=O) groups excluding carboxylic acids is 1. The lowest BCUT2D eigenvalue weighted by molar-refractivity contribution is 0.0972. The Hall–Kier alpha value is -3.74. The molecule has 0 aliphatic rings. The highest BCUT2D eigenvalue weighted by Gasteiger charge is 2.15. The van der Waals surface area contributed by atoms with Crippen molar-refractivity contribution < 1.29 is 9.21 Å². The molecule has 4 rings (SSSR count). The second kappa shape index (κ2) is 7.94. The summed E-state index contributed by atoms with van der Waals surface area (Å²) in [6.07, 6.45) is 4.36. The number of benzene rings is 1. The number of hydrogen-bond acceptors (Lipinski definition) is 5. The first kappa shape index (κ1) is 19.6. The van der Waals surface area contributed by atoms with Crippen LogP contribution in [-0.4, -0.2) is 25.7 Å². The lowest BCUT2D eigenvalue weighted by Crippen LogP contribution is -2.09. The Bertz CT molecular complexity index is 1220. The number of furan rings is 1. The van der Waals surface area contributed by atoms with E-state index in [-0.39, 0.29) is 5.76 Å². The first-order chi connectivity index (χ1) is 14.4. The van der Waals surface area contributed by atoms with Crippen LogP contribution in [0.3, 0.4) is 0 Å². The number of aromatic nitrogens is 4. The minimum absolute atomic E-state index is 0.177. The molecule has 1 amide bonds. The van der Waals surface area contributed by atoms with Gasteiger partial charge in [-0.3, -0.25) is 14.5 Å². The standard InChI is InChI=1S/C23H23N5O2/c1-4-20-18(11-21(30-20)23(24)29)13-28-9-8-19(27-28)16-6-5-7-17(10-16)22-15(3)25-12-14(2)26-22/h5-12H,4,13H2,1-3H3,(H2,24,29). The molecular formula is C23H23N5O2. The normalized spacial score (nSPS) is 11.0. The second-order valence-electron chi connectivity index (χ2n) is 7.20. The molecule has 7 heteroatoms. The van der Waals surface area contributed by atoms with Crippen LogP contribution in [0.15, 0.2) is 53.2 Å². The molecule has 7 nitrogen and oxygen atoms in total. The smallest absolute Gasteiger partial charge is 0.284 e. The van der Waals surface area contributed by atoms with Crippen molar-refractivity contribution in [3.8, 4) is 22.5 Å². The van der Waals surface area contributed by atoms with E-state index in [0.29, 0.717) is 13.0 Å². The fourth-order valence-corrected chi connectivity index (χ4v) is 3.44. The van der Waals surface area contributed by atoms with E-state index in [1.807, 2.05) is 55.9 Å². The van der Waals surface area contributed by atoms with Gasteiger partial charge in [0.1, 0.15) is 5.76 Å². The first-order valence-electron chi connectivity index (χ1n) is 9.80. The van der Waals surface area contributed by atoms with Crippen molar-refractivity contribution in [1.82, 2.24) is 19.7 Å². The topological polar surface area (TPSA) is 99.8 Å². The number of hydrogen-bond donors (Lipinski definition) is 1. The molecule has 152 valence electrons. The van der Waals surface area contributed by atoms with Crippen molar-refractivity contribution >= 4 is 5.91 Å². The van der Waals surface area contributed by atoms with Crippen LogP contribution in [0.4, 0.5) is 0 Å². The Morgan fingerprint density at radius 1 is 1.17 bits per heavy atom. The average molecular weight is 401 g/mol. The highest BCUT2D eigenvalue weighted by atomic mass is 16.3. The molecule has 0 spiro atoms. The number of nitrogens with zero attached hydrogens (tertiary/aromatic N) is 4. The molecule has 1 aromatic carbocycles. The van der Waals surface area contributed by atoms with E-state index in [2.05, 4.69) is 16.0 Å². The molecule has 0 atom stereocenters. The third-order valence-corrected chi connectivity index (χ3v) is 4.94. The van der Waals surface area contributed by atoms with Gasteiger partial charge in [-0.25, -0.2) is 4.98 Å². The zero-order valence-corrected chi connectivity index (χ0v) is 17.2. The molecule has 4 aromatic rings. The number of carbonyl (C=O) groups is 1. The Morgan fingerprint density at radius 3 is 2.73 bits per heavy atom. The lowest BCUT2D eigenvalue weighted by Gasteiger charge is -2.07. The summed E-state index contributed by atoms with van der Waals surface area (Å²) in [5, 5.41) is 4.70. The van der Waals surface area contributed by atoms with Crippen LogP contribution in [0.1, 0.15) is 40.2 Å². The summed E-state index contributed by atoms with van der Waals surface area (Å²) in [5.74, 6) is 0.358. The summed E-state index contributed by atoms with van der Waals surface area (Å²) in [6.45, 7) is 6.37. The molecule has 0 unspecified atom stereocenters. The zero-order valence-electron chi connectivity index (χ0n) is 17.2. The molecule has 2 N–H and O–H groups in total. The van der Waals surface area contributed by atoms with Crippen LogP contribution in [0, 0.1) is 13.8 Å². The molecule has 30 heavy (non-hydrogen) atoms. The van der Waals surface area contributed by atoms with Gasteiger partial charge in [-0.15, -0.1) is 0 Å². The van der Waals surface area contributed by atoms with Crippen LogP contribution >= 0.6 is 0 Å². The number of nitrogens with two attached hydrogens (primary N) is 1. The highest BCUT2D eigenvalue weighted by Crippen LogP contribution is 2.26. The molecule has 3 aromatic heterocycles. The largest absolute Gasteiger partial charge is 0.456 e. The molecule has 0 radical (unpaired) electrons. The highest BCUT2D eigenvalue weighted by molar-refractivity contribution is 5.90. The Kier molecular flexibility index (Phi) is 5.18. The maximum atomic E-state index is 11.4. The van der Waals surface area contributed by atoms with E-state index in [1.54, 1.807) is 12.3 Å².